The SMILES string of the molecule is CCC1CC(CC)C(C(=O)O)C1.CCC1CC(CC)C(C(=O)O)C1.CCC1CC(CC)C(C(=O)OCOC)C1.CCC1CC(CC)C(C(=O)OCOC2C3CC4CC(C3)CC2C4)C1.CCC1CC(CC)C(C(=O)OCOCC(C)(C)C)C1.CCC1OC(CC)C2C(=O)OCC12.CCC1OC(CC)C2C(=O)OCC12.CCC1OC(CC)C2C(=O)OCC12. The van der Waals surface area contributed by atoms with E-state index < -0.39 is 11.9 Å². The molecule has 0 spiro atoms. The van der Waals surface area contributed by atoms with Gasteiger partial charge in [0.15, 0.2) is 20.4 Å². The van der Waals surface area contributed by atoms with Gasteiger partial charge in [-0.05, 0) is 223 Å². The van der Waals surface area contributed by atoms with Crippen LogP contribution in [0.1, 0.15) is 331 Å². The predicted molar refractivity (Wildman–Crippen MR) is 465 cm³/mol. The van der Waals surface area contributed by atoms with Crippen molar-refractivity contribution in [1.29, 1.82) is 0 Å². The van der Waals surface area contributed by atoms with Crippen molar-refractivity contribution in [2.75, 3.05) is 53.9 Å². The molecule has 0 aromatic carbocycles. The van der Waals surface area contributed by atoms with Gasteiger partial charge in [-0.2, -0.15) is 0 Å². The minimum Gasteiger partial charge on any atom is -0.481 e. The third kappa shape index (κ3) is 28.5. The third-order valence-corrected chi connectivity index (χ3v) is 31.3. The van der Waals surface area contributed by atoms with E-state index in [4.69, 9.17) is 67.1 Å². The fraction of sp³-hybridized carbons (Fsp3) is 0.919. The molecule has 15 fully saturated rings. The Morgan fingerprint density at radius 3 is 0.860 bits per heavy atom. The number of cyclic esters (lactones) is 3. The second-order valence-corrected chi connectivity index (χ2v) is 39.8. The molecular weight excluding hydrogens is 1540 g/mol. The van der Waals surface area contributed by atoms with Gasteiger partial charge in [-0.3, -0.25) is 38.4 Å². The maximum Gasteiger partial charge on any atom is 0.312 e. The molecule has 6 aliphatic heterocycles. The van der Waals surface area contributed by atoms with Gasteiger partial charge in [-0.25, -0.2) is 0 Å². The normalized spacial score (nSPS) is 38.3. The average Bonchev–Trinajstić information content (AvgIpc) is 1.78. The Balaban J connectivity index is 0.000000193. The van der Waals surface area contributed by atoms with E-state index in [2.05, 4.69) is 132 Å². The molecule has 22 nitrogen and oxygen atoms in total. The summed E-state index contributed by atoms with van der Waals surface area (Å²) in [4.78, 5) is 92.2. The van der Waals surface area contributed by atoms with E-state index in [1.807, 2.05) is 0 Å². The lowest BCUT2D eigenvalue weighted by molar-refractivity contribution is -0.190. The van der Waals surface area contributed by atoms with Crippen LogP contribution < -0.4 is 0 Å². The standard InChI is InChI=1S/C21H34O3.C16H30O3.C12H22O3.3C10H16O3.2C10H18O2/c1-3-13-6-16(4-2)19(11-13)21(22)24-12-23-20-17-7-14-5-15(9-17)10-18(20)8-14;1-6-12-8-13(7-2)14(9-12)15(17)19-11-18-10-16(3,4)5;1-4-9-6-10(5-2)11(7-9)12(13)15-8-14-3;3*1-3-7-6-5-12-10(11)9(6)8(4-2)13-7;2*1-3-7-5-8(4-2)9(6-7)10(11)12/h13-20H,3-12H2,1-2H3;12-14H,6-11H2,1-5H3;9-11H,4-8H2,1-3H3;3*6-9H,3-5H2,1-2H3;2*7-9H,3-6H2,1-2H3,(H,11,12). The van der Waals surface area contributed by atoms with Crippen LogP contribution in [0.15, 0.2) is 0 Å². The largest absolute Gasteiger partial charge is 0.481 e. The van der Waals surface area contributed by atoms with E-state index in [1.54, 1.807) is 0 Å². The average molecular weight is 1710 g/mol. The molecule has 9 aliphatic carbocycles. The number of aliphatic carboxylic acids is 2. The molecule has 0 aromatic heterocycles. The van der Waals surface area contributed by atoms with Crippen LogP contribution in [-0.2, 0) is 95.2 Å². The van der Waals surface area contributed by atoms with Crippen molar-refractivity contribution in [3.8, 4) is 0 Å². The van der Waals surface area contributed by atoms with Crippen LogP contribution in [0.4, 0.5) is 0 Å². The molecule has 15 rings (SSSR count). The Hall–Kier alpha value is -4.48. The fourth-order valence-electron chi connectivity index (χ4n) is 24.2. The molecule has 6 heterocycles. The number of carbonyl (C=O) groups excluding carboxylic acids is 6. The molecule has 0 amide bonds. The zero-order chi connectivity index (χ0) is 88.9. The molecule has 121 heavy (non-hydrogen) atoms. The molecule has 9 saturated carbocycles. The number of carboxylic acids is 2. The van der Waals surface area contributed by atoms with Gasteiger partial charge in [0.05, 0.1) is 116 Å². The first-order valence-corrected chi connectivity index (χ1v) is 49.1. The van der Waals surface area contributed by atoms with Crippen molar-refractivity contribution in [1.82, 2.24) is 0 Å². The molecule has 22 heteroatoms. The molecule has 0 radical (unpaired) electrons. The Bertz CT molecular complexity index is 2920. The maximum absolute atomic E-state index is 12.5. The summed E-state index contributed by atoms with van der Waals surface area (Å²) in [7, 11) is 1.54. The van der Waals surface area contributed by atoms with Crippen LogP contribution in [0.2, 0.25) is 0 Å². The molecule has 2 N–H and O–H groups in total. The van der Waals surface area contributed by atoms with Gasteiger partial charge < -0.3 is 67.1 Å². The number of carboxylic acid groups (broad SMARTS) is 2. The number of hydrogen-bond donors (Lipinski definition) is 2. The molecule has 27 unspecified atom stereocenters. The fourth-order valence-corrected chi connectivity index (χ4v) is 24.2. The summed E-state index contributed by atoms with van der Waals surface area (Å²) >= 11 is 0. The minimum absolute atomic E-state index is 0.00150. The zero-order valence-corrected chi connectivity index (χ0v) is 78.9. The highest BCUT2D eigenvalue weighted by Gasteiger charge is 2.56. The van der Waals surface area contributed by atoms with Gasteiger partial charge in [0.1, 0.15) is 0 Å². The molecule has 0 aromatic rings. The summed E-state index contributed by atoms with van der Waals surface area (Å²) < 4.78 is 64.8. The highest BCUT2D eigenvalue weighted by molar-refractivity contribution is 5.78. The van der Waals surface area contributed by atoms with E-state index in [0.29, 0.717) is 109 Å². The van der Waals surface area contributed by atoms with Crippen molar-refractivity contribution in [3.63, 3.8) is 0 Å². The highest BCUT2D eigenvalue weighted by atomic mass is 16.7. The first-order valence-electron chi connectivity index (χ1n) is 49.1. The van der Waals surface area contributed by atoms with Crippen LogP contribution in [0.25, 0.3) is 0 Å². The van der Waals surface area contributed by atoms with E-state index >= 15 is 0 Å². The lowest BCUT2D eigenvalue weighted by atomic mass is 9.55. The Morgan fingerprint density at radius 2 is 0.612 bits per heavy atom. The molecule has 15 aliphatic rings. The van der Waals surface area contributed by atoms with Crippen molar-refractivity contribution in [2.45, 2.75) is 373 Å². The van der Waals surface area contributed by atoms with Crippen molar-refractivity contribution >= 4 is 47.8 Å². The first-order chi connectivity index (χ1) is 58.0. The summed E-state index contributed by atoms with van der Waals surface area (Å²) in [6.07, 6.45) is 35.6. The van der Waals surface area contributed by atoms with Crippen LogP contribution in [0, 0.1) is 153 Å². The molecule has 27 atom stereocenters. The van der Waals surface area contributed by atoms with Gasteiger partial charge in [-0.15, -0.1) is 0 Å². The molecular formula is C99H170O22. The van der Waals surface area contributed by atoms with Crippen molar-refractivity contribution in [2.24, 2.45) is 153 Å². The lowest BCUT2D eigenvalue weighted by Gasteiger charge is -2.53. The number of carbonyl (C=O) groups is 8. The van der Waals surface area contributed by atoms with Gasteiger partial charge in [0.2, 0.25) is 0 Å². The van der Waals surface area contributed by atoms with Crippen LogP contribution in [0.3, 0.4) is 0 Å². The summed E-state index contributed by atoms with van der Waals surface area (Å²) in [5.41, 5.74) is 0.110. The van der Waals surface area contributed by atoms with E-state index in [0.717, 1.165) is 152 Å². The predicted octanol–water partition coefficient (Wildman–Crippen LogP) is 20.6. The smallest absolute Gasteiger partial charge is 0.312 e. The van der Waals surface area contributed by atoms with E-state index in [1.165, 1.54) is 77.7 Å². The summed E-state index contributed by atoms with van der Waals surface area (Å²) in [5.74, 6) is 9.02. The van der Waals surface area contributed by atoms with E-state index in [9.17, 15) is 38.4 Å². The molecule has 4 bridgehead atoms. The molecule has 6 saturated heterocycles. The first kappa shape index (κ1) is 104. The second kappa shape index (κ2) is 51.5. The lowest BCUT2D eigenvalue weighted by Crippen LogP contribution is -2.49. The van der Waals surface area contributed by atoms with Gasteiger partial charge >= 0.3 is 47.8 Å². The topological polar surface area (TPSA) is 288 Å². The number of fused-ring (bicyclic) bond motifs is 3. The monoisotopic (exact) mass is 1710 g/mol. The summed E-state index contributed by atoms with van der Waals surface area (Å²) in [6.45, 7) is 43.1. The number of rotatable bonds is 29. The quantitative estimate of drug-likeness (QED) is 0.0304. The number of methoxy groups -OCH3 is 1. The Morgan fingerprint density at radius 1 is 0.339 bits per heavy atom. The van der Waals surface area contributed by atoms with Crippen molar-refractivity contribution < 1.29 is 105 Å². The Labute approximate surface area is 730 Å². The number of esters is 6. The number of hydrogen-bond acceptors (Lipinski definition) is 20. The second-order valence-electron chi connectivity index (χ2n) is 39.8. The van der Waals surface area contributed by atoms with Gasteiger partial charge in [0, 0.05) is 24.9 Å². The zero-order valence-electron chi connectivity index (χ0n) is 78.9. The minimum atomic E-state index is -0.585. The van der Waals surface area contributed by atoms with Gasteiger partial charge in [0.25, 0.3) is 0 Å². The van der Waals surface area contributed by atoms with Crippen LogP contribution >= 0.6 is 0 Å². The third-order valence-electron chi connectivity index (χ3n) is 31.3. The van der Waals surface area contributed by atoms with E-state index in [-0.39, 0.29) is 146 Å². The Kier molecular flexibility index (Phi) is 44.1. The number of ether oxygens (including phenoxy) is 12. The van der Waals surface area contributed by atoms with Crippen molar-refractivity contribution in [3.05, 3.63) is 0 Å². The van der Waals surface area contributed by atoms with Crippen LogP contribution in [-0.4, -0.2) is 155 Å². The summed E-state index contributed by atoms with van der Waals surface area (Å²) in [6, 6.07) is 0. The highest BCUT2D eigenvalue weighted by Crippen LogP contribution is 2.55. The molecule has 698 valence electrons. The van der Waals surface area contributed by atoms with Gasteiger partial charge in [-0.1, -0.05) is 196 Å². The summed E-state index contributed by atoms with van der Waals surface area (Å²) in [5, 5.41) is 17.9. The maximum atomic E-state index is 12.5. The van der Waals surface area contributed by atoms with Crippen LogP contribution in [0.5, 0.6) is 0 Å².